The second-order valence-corrected chi connectivity index (χ2v) is 7.29. The van der Waals surface area contributed by atoms with Crippen molar-refractivity contribution in [3.05, 3.63) is 59.1 Å². The highest BCUT2D eigenvalue weighted by atomic mass is 19.1. The van der Waals surface area contributed by atoms with Gasteiger partial charge in [0.2, 0.25) is 0 Å². The van der Waals surface area contributed by atoms with Crippen LogP contribution in [0.1, 0.15) is 40.5 Å². The molecule has 7 heteroatoms. The minimum atomic E-state index is -0.301. The smallest absolute Gasteiger partial charge is 0.257 e. The highest BCUT2D eigenvalue weighted by Crippen LogP contribution is 2.25. The first-order valence-corrected chi connectivity index (χ1v) is 9.44. The molecule has 2 aromatic heterocycles. The highest BCUT2D eigenvalue weighted by Gasteiger charge is 2.29. The Hall–Kier alpha value is -2.96. The molecule has 0 saturated carbocycles. The maximum Gasteiger partial charge on any atom is 0.257 e. The van der Waals surface area contributed by atoms with Crippen LogP contribution in [0.3, 0.4) is 0 Å². The van der Waals surface area contributed by atoms with Gasteiger partial charge < -0.3 is 13.8 Å². The molecule has 0 N–H and O–H groups in total. The lowest BCUT2D eigenvalue weighted by molar-refractivity contribution is 0.0785. The summed E-state index contributed by atoms with van der Waals surface area (Å²) in [5.41, 5.74) is 1.35. The van der Waals surface area contributed by atoms with E-state index in [0.717, 1.165) is 31.7 Å². The number of benzene rings is 1. The molecule has 1 aromatic carbocycles. The van der Waals surface area contributed by atoms with Gasteiger partial charge in [0.1, 0.15) is 17.3 Å². The van der Waals surface area contributed by atoms with E-state index in [0.29, 0.717) is 40.9 Å². The molecule has 1 saturated heterocycles. The Balaban J connectivity index is 1.32. The van der Waals surface area contributed by atoms with Crippen LogP contribution in [0.4, 0.5) is 4.39 Å². The van der Waals surface area contributed by atoms with Gasteiger partial charge in [-0.3, -0.25) is 4.79 Å². The molecular formula is C21H22FN3O3. The van der Waals surface area contributed by atoms with Gasteiger partial charge in [0.05, 0.1) is 5.56 Å². The van der Waals surface area contributed by atoms with E-state index in [4.69, 9.17) is 8.94 Å². The summed E-state index contributed by atoms with van der Waals surface area (Å²) in [7, 11) is 0. The van der Waals surface area contributed by atoms with Crippen LogP contribution in [-0.4, -0.2) is 34.0 Å². The molecule has 28 heavy (non-hydrogen) atoms. The predicted octanol–water partition coefficient (Wildman–Crippen LogP) is 4.18. The van der Waals surface area contributed by atoms with Gasteiger partial charge >= 0.3 is 0 Å². The van der Waals surface area contributed by atoms with E-state index >= 15 is 0 Å². The van der Waals surface area contributed by atoms with Crippen LogP contribution in [0, 0.1) is 25.6 Å². The number of furan rings is 1. The third kappa shape index (κ3) is 3.83. The average Bonchev–Trinajstić information content (AvgIpc) is 3.40. The van der Waals surface area contributed by atoms with Crippen LogP contribution < -0.4 is 0 Å². The molecule has 4 rings (SSSR count). The third-order valence-electron chi connectivity index (χ3n) is 5.18. The molecule has 3 heterocycles. The molecule has 1 atom stereocenters. The molecular weight excluding hydrogens is 361 g/mol. The number of aryl methyl sites for hydroxylation is 3. The van der Waals surface area contributed by atoms with Crippen molar-refractivity contribution < 1.29 is 18.1 Å². The van der Waals surface area contributed by atoms with Crippen molar-refractivity contribution in [2.75, 3.05) is 13.1 Å². The first kappa shape index (κ1) is 18.4. The summed E-state index contributed by atoms with van der Waals surface area (Å²) in [6.07, 6.45) is 2.53. The SMILES string of the molecule is Cc1cc(C(=O)N2CCC(CCc3noc(-c4ccc(F)cc4)n3)C2)c(C)o1. The van der Waals surface area contributed by atoms with Gasteiger partial charge in [-0.15, -0.1) is 0 Å². The summed E-state index contributed by atoms with van der Waals surface area (Å²) in [6.45, 7) is 5.15. The second kappa shape index (κ2) is 7.58. The summed E-state index contributed by atoms with van der Waals surface area (Å²) in [5, 5.41) is 4.02. The molecule has 1 aliphatic heterocycles. The largest absolute Gasteiger partial charge is 0.466 e. The summed E-state index contributed by atoms with van der Waals surface area (Å²) >= 11 is 0. The van der Waals surface area contributed by atoms with Gasteiger partial charge in [-0.25, -0.2) is 4.39 Å². The average molecular weight is 383 g/mol. The van der Waals surface area contributed by atoms with Crippen LogP contribution in [0.2, 0.25) is 0 Å². The molecule has 1 fully saturated rings. The number of nitrogens with zero attached hydrogens (tertiary/aromatic N) is 3. The first-order valence-electron chi connectivity index (χ1n) is 9.44. The second-order valence-electron chi connectivity index (χ2n) is 7.29. The van der Waals surface area contributed by atoms with E-state index in [9.17, 15) is 9.18 Å². The van der Waals surface area contributed by atoms with Crippen LogP contribution >= 0.6 is 0 Å². The maximum atomic E-state index is 13.0. The van der Waals surface area contributed by atoms with Crippen molar-refractivity contribution in [3.63, 3.8) is 0 Å². The minimum Gasteiger partial charge on any atom is -0.466 e. The zero-order valence-corrected chi connectivity index (χ0v) is 15.9. The van der Waals surface area contributed by atoms with E-state index < -0.39 is 0 Å². The quantitative estimate of drug-likeness (QED) is 0.661. The number of halogens is 1. The summed E-state index contributed by atoms with van der Waals surface area (Å²) in [5.74, 6) is 2.59. The fourth-order valence-electron chi connectivity index (χ4n) is 3.66. The normalized spacial score (nSPS) is 16.7. The van der Waals surface area contributed by atoms with Gasteiger partial charge in [0.15, 0.2) is 5.82 Å². The zero-order valence-electron chi connectivity index (χ0n) is 15.9. The molecule has 1 unspecified atom stereocenters. The molecule has 0 radical (unpaired) electrons. The molecule has 0 spiro atoms. The third-order valence-corrected chi connectivity index (χ3v) is 5.18. The molecule has 0 bridgehead atoms. The van der Waals surface area contributed by atoms with Crippen LogP contribution in [0.5, 0.6) is 0 Å². The summed E-state index contributed by atoms with van der Waals surface area (Å²) < 4.78 is 23.8. The number of carbonyl (C=O) groups is 1. The Morgan fingerprint density at radius 3 is 2.79 bits per heavy atom. The molecule has 3 aromatic rings. The maximum absolute atomic E-state index is 13.0. The lowest BCUT2D eigenvalue weighted by Crippen LogP contribution is -2.28. The molecule has 1 amide bonds. The lowest BCUT2D eigenvalue weighted by atomic mass is 10.0. The summed E-state index contributed by atoms with van der Waals surface area (Å²) in [4.78, 5) is 19.0. The standard InChI is InChI=1S/C21H22FN3O3/c1-13-11-18(14(2)27-13)21(26)25-10-9-15(12-25)3-8-19-23-20(28-24-19)16-4-6-17(22)7-5-16/h4-7,11,15H,3,8-10,12H2,1-2H3. The van der Waals surface area contributed by atoms with Gasteiger partial charge in [-0.1, -0.05) is 5.16 Å². The van der Waals surface area contributed by atoms with Crippen molar-refractivity contribution in [2.45, 2.75) is 33.1 Å². The Labute approximate surface area is 162 Å². The number of likely N-dealkylation sites (tertiary alicyclic amines) is 1. The van der Waals surface area contributed by atoms with Crippen molar-refractivity contribution >= 4 is 5.91 Å². The molecule has 146 valence electrons. The number of carbonyl (C=O) groups excluding carboxylic acids is 1. The van der Waals surface area contributed by atoms with Crippen molar-refractivity contribution in [3.8, 4) is 11.5 Å². The fourth-order valence-corrected chi connectivity index (χ4v) is 3.66. The Morgan fingerprint density at radius 2 is 2.07 bits per heavy atom. The summed E-state index contributed by atoms with van der Waals surface area (Å²) in [6, 6.07) is 7.78. The highest BCUT2D eigenvalue weighted by molar-refractivity contribution is 5.95. The molecule has 0 aliphatic carbocycles. The number of rotatable bonds is 5. The number of amides is 1. The Bertz CT molecular complexity index is 977. The van der Waals surface area contributed by atoms with E-state index in [1.54, 1.807) is 18.2 Å². The van der Waals surface area contributed by atoms with Gasteiger partial charge in [0.25, 0.3) is 11.8 Å². The number of hydrogen-bond acceptors (Lipinski definition) is 5. The molecule has 1 aliphatic rings. The van der Waals surface area contributed by atoms with Gasteiger partial charge in [-0.2, -0.15) is 4.98 Å². The lowest BCUT2D eigenvalue weighted by Gasteiger charge is -2.15. The zero-order chi connectivity index (χ0) is 19.7. The number of hydrogen-bond donors (Lipinski definition) is 0. The number of aromatic nitrogens is 2. The van der Waals surface area contributed by atoms with E-state index in [-0.39, 0.29) is 11.7 Å². The minimum absolute atomic E-state index is 0.0370. The van der Waals surface area contributed by atoms with Gasteiger partial charge in [0, 0.05) is 25.1 Å². The fraction of sp³-hybridized carbons (Fsp3) is 0.381. The van der Waals surface area contributed by atoms with Crippen LogP contribution in [0.25, 0.3) is 11.5 Å². The first-order chi connectivity index (χ1) is 13.5. The monoisotopic (exact) mass is 383 g/mol. The predicted molar refractivity (Wildman–Crippen MR) is 100 cm³/mol. The Kier molecular flexibility index (Phi) is 4.98. The van der Waals surface area contributed by atoms with E-state index in [1.807, 2.05) is 18.7 Å². The molecule has 6 nitrogen and oxygen atoms in total. The van der Waals surface area contributed by atoms with E-state index in [2.05, 4.69) is 10.1 Å². The topological polar surface area (TPSA) is 72.4 Å². The van der Waals surface area contributed by atoms with Crippen molar-refractivity contribution in [2.24, 2.45) is 5.92 Å². The van der Waals surface area contributed by atoms with E-state index in [1.165, 1.54) is 12.1 Å². The van der Waals surface area contributed by atoms with Crippen LogP contribution in [0.15, 0.2) is 39.3 Å². The Morgan fingerprint density at radius 1 is 1.29 bits per heavy atom. The van der Waals surface area contributed by atoms with Gasteiger partial charge in [-0.05, 0) is 62.9 Å². The van der Waals surface area contributed by atoms with Crippen LogP contribution in [-0.2, 0) is 6.42 Å². The van der Waals surface area contributed by atoms with Crippen molar-refractivity contribution in [1.29, 1.82) is 0 Å². The van der Waals surface area contributed by atoms with Crippen molar-refractivity contribution in [1.82, 2.24) is 15.0 Å².